The largest absolute Gasteiger partial charge is 0.385 e. The van der Waals surface area contributed by atoms with E-state index in [1.807, 2.05) is 0 Å². The first-order valence-electron chi connectivity index (χ1n) is 16.7. The normalized spacial score (nSPS) is 21.5. The van der Waals surface area contributed by atoms with Crippen molar-refractivity contribution in [3.63, 3.8) is 0 Å². The van der Waals surface area contributed by atoms with Crippen molar-refractivity contribution in [1.82, 2.24) is 5.32 Å². The molecule has 218 valence electrons. The first kappa shape index (κ1) is 33.0. The van der Waals surface area contributed by atoms with Crippen molar-refractivity contribution in [3.05, 3.63) is 47.2 Å². The van der Waals surface area contributed by atoms with Crippen LogP contribution in [0.1, 0.15) is 137 Å². The maximum absolute atomic E-state index is 4.57. The Bertz CT molecular complexity index is 795. The van der Waals surface area contributed by atoms with Gasteiger partial charge in [-0.25, -0.2) is 0 Å². The Labute approximate surface area is 239 Å². The number of nitrogens with one attached hydrogen (secondary N) is 1. The molecule has 0 radical (unpaired) electrons. The van der Waals surface area contributed by atoms with E-state index in [1.54, 1.807) is 16.7 Å². The van der Waals surface area contributed by atoms with Gasteiger partial charge in [-0.15, -0.1) is 0 Å². The molecule has 0 aliphatic heterocycles. The molecule has 2 rings (SSSR count). The standard InChI is InChI=1S/C37H65N/c1-11-15-16-17-18-33-25-30(20-22-31(33)12-2)24-32(26(5)6)21-19-28(9)23-36(27(7)8)29(10)38-37-34(13-3)35(37)14-4/h20,22,25-28,32,34-38H,10-19,21,23-24H2,1-9H3/t28?,32?,34-,35+,36?,37?. The highest BCUT2D eigenvalue weighted by Gasteiger charge is 2.47. The van der Waals surface area contributed by atoms with Crippen LogP contribution in [-0.4, -0.2) is 6.04 Å². The Morgan fingerprint density at radius 3 is 2.08 bits per heavy atom. The van der Waals surface area contributed by atoms with Crippen LogP contribution in [0.2, 0.25) is 0 Å². The van der Waals surface area contributed by atoms with Crippen LogP contribution in [0.3, 0.4) is 0 Å². The predicted molar refractivity (Wildman–Crippen MR) is 171 cm³/mol. The van der Waals surface area contributed by atoms with Crippen LogP contribution in [0.15, 0.2) is 30.5 Å². The molecule has 1 nitrogen and oxygen atoms in total. The van der Waals surface area contributed by atoms with Crippen LogP contribution in [0.5, 0.6) is 0 Å². The summed E-state index contributed by atoms with van der Waals surface area (Å²) in [5, 5.41) is 3.90. The lowest BCUT2D eigenvalue weighted by Gasteiger charge is -2.29. The molecular weight excluding hydrogens is 458 g/mol. The summed E-state index contributed by atoms with van der Waals surface area (Å²) in [6.07, 6.45) is 15.6. The molecule has 1 aromatic rings. The van der Waals surface area contributed by atoms with Crippen molar-refractivity contribution in [2.45, 2.75) is 145 Å². The average molecular weight is 524 g/mol. The maximum atomic E-state index is 4.57. The van der Waals surface area contributed by atoms with E-state index in [4.69, 9.17) is 0 Å². The quantitative estimate of drug-likeness (QED) is 0.168. The van der Waals surface area contributed by atoms with Crippen LogP contribution >= 0.6 is 0 Å². The zero-order valence-corrected chi connectivity index (χ0v) is 27.0. The zero-order chi connectivity index (χ0) is 28.2. The summed E-state index contributed by atoms with van der Waals surface area (Å²) in [6.45, 7) is 26.0. The second-order valence-corrected chi connectivity index (χ2v) is 13.6. The van der Waals surface area contributed by atoms with E-state index in [0.717, 1.165) is 36.0 Å². The van der Waals surface area contributed by atoms with Gasteiger partial charge >= 0.3 is 0 Å². The van der Waals surface area contributed by atoms with Gasteiger partial charge in [0.15, 0.2) is 0 Å². The topological polar surface area (TPSA) is 12.0 Å². The number of aryl methyl sites for hydroxylation is 2. The molecule has 0 bridgehead atoms. The molecule has 0 saturated heterocycles. The van der Waals surface area contributed by atoms with Crippen LogP contribution in [0.25, 0.3) is 0 Å². The Hall–Kier alpha value is -1.24. The molecule has 1 saturated carbocycles. The highest BCUT2D eigenvalue weighted by Crippen LogP contribution is 2.45. The number of hydrogen-bond acceptors (Lipinski definition) is 1. The van der Waals surface area contributed by atoms with E-state index in [-0.39, 0.29) is 0 Å². The summed E-state index contributed by atoms with van der Waals surface area (Å²) in [5.41, 5.74) is 6.07. The monoisotopic (exact) mass is 524 g/mol. The summed E-state index contributed by atoms with van der Waals surface area (Å²) in [5.74, 6) is 5.17. The molecule has 0 amide bonds. The van der Waals surface area contributed by atoms with Crippen LogP contribution in [-0.2, 0) is 19.3 Å². The van der Waals surface area contributed by atoms with Crippen molar-refractivity contribution in [3.8, 4) is 0 Å². The number of allylic oxidation sites excluding steroid dienone is 1. The maximum Gasteiger partial charge on any atom is 0.0321 e. The minimum absolute atomic E-state index is 0.579. The van der Waals surface area contributed by atoms with Gasteiger partial charge in [-0.05, 0) is 90.7 Å². The summed E-state index contributed by atoms with van der Waals surface area (Å²) in [6, 6.07) is 8.11. The van der Waals surface area contributed by atoms with Gasteiger partial charge < -0.3 is 5.32 Å². The molecule has 1 heteroatoms. The third-order valence-corrected chi connectivity index (χ3v) is 9.96. The molecule has 1 aliphatic carbocycles. The summed E-state index contributed by atoms with van der Waals surface area (Å²) < 4.78 is 0. The van der Waals surface area contributed by atoms with Gasteiger partial charge in [0.2, 0.25) is 0 Å². The lowest BCUT2D eigenvalue weighted by Crippen LogP contribution is -2.28. The van der Waals surface area contributed by atoms with Crippen LogP contribution in [0.4, 0.5) is 0 Å². The molecule has 38 heavy (non-hydrogen) atoms. The predicted octanol–water partition coefficient (Wildman–Crippen LogP) is 10.8. The molecule has 1 N–H and O–H groups in total. The minimum atomic E-state index is 0.579. The lowest BCUT2D eigenvalue weighted by molar-refractivity contribution is 0.281. The van der Waals surface area contributed by atoms with E-state index in [2.05, 4.69) is 92.4 Å². The van der Waals surface area contributed by atoms with Crippen molar-refractivity contribution < 1.29 is 0 Å². The van der Waals surface area contributed by atoms with Gasteiger partial charge in [0, 0.05) is 17.7 Å². The Morgan fingerprint density at radius 2 is 1.53 bits per heavy atom. The fraction of sp³-hybridized carbons (Fsp3) is 0.784. The highest BCUT2D eigenvalue weighted by molar-refractivity contribution is 5.32. The lowest BCUT2D eigenvalue weighted by atomic mass is 9.79. The third kappa shape index (κ3) is 10.1. The smallest absolute Gasteiger partial charge is 0.0321 e. The van der Waals surface area contributed by atoms with Gasteiger partial charge in [-0.1, -0.05) is 126 Å². The van der Waals surface area contributed by atoms with Crippen LogP contribution < -0.4 is 5.32 Å². The van der Waals surface area contributed by atoms with Gasteiger partial charge in [0.05, 0.1) is 0 Å². The third-order valence-electron chi connectivity index (χ3n) is 9.96. The van der Waals surface area contributed by atoms with Crippen molar-refractivity contribution in [2.24, 2.45) is 41.4 Å². The van der Waals surface area contributed by atoms with Crippen molar-refractivity contribution >= 4 is 0 Å². The van der Waals surface area contributed by atoms with Gasteiger partial charge in [-0.2, -0.15) is 0 Å². The molecule has 4 unspecified atom stereocenters. The molecule has 0 heterocycles. The van der Waals surface area contributed by atoms with E-state index >= 15 is 0 Å². The minimum Gasteiger partial charge on any atom is -0.385 e. The van der Waals surface area contributed by atoms with E-state index in [9.17, 15) is 0 Å². The molecular formula is C37H65N. The second-order valence-electron chi connectivity index (χ2n) is 13.6. The van der Waals surface area contributed by atoms with Crippen molar-refractivity contribution in [2.75, 3.05) is 0 Å². The van der Waals surface area contributed by atoms with Gasteiger partial charge in [0.1, 0.15) is 0 Å². The van der Waals surface area contributed by atoms with E-state index < -0.39 is 0 Å². The SMILES string of the molecule is C=C(NC1[C@@H](CC)[C@H]1CC)C(CC(C)CCC(Cc1ccc(CC)c(CCCCCC)c1)C(C)C)C(C)C. The van der Waals surface area contributed by atoms with Gasteiger partial charge in [0.25, 0.3) is 0 Å². The number of hydrogen-bond donors (Lipinski definition) is 1. The molecule has 0 spiro atoms. The first-order valence-corrected chi connectivity index (χ1v) is 16.7. The second kappa shape index (κ2) is 16.8. The van der Waals surface area contributed by atoms with E-state index in [0.29, 0.717) is 17.9 Å². The van der Waals surface area contributed by atoms with E-state index in [1.165, 1.54) is 76.3 Å². The summed E-state index contributed by atoms with van der Waals surface area (Å²) in [7, 11) is 0. The Morgan fingerprint density at radius 1 is 0.842 bits per heavy atom. The first-order chi connectivity index (χ1) is 18.2. The molecule has 1 aromatic carbocycles. The Balaban J connectivity index is 1.94. The number of unbranched alkanes of at least 4 members (excludes halogenated alkanes) is 3. The summed E-state index contributed by atoms with van der Waals surface area (Å²) >= 11 is 0. The molecule has 1 fully saturated rings. The fourth-order valence-corrected chi connectivity index (χ4v) is 7.06. The molecule has 0 aromatic heterocycles. The zero-order valence-electron chi connectivity index (χ0n) is 27.0. The van der Waals surface area contributed by atoms with Gasteiger partial charge in [-0.3, -0.25) is 0 Å². The molecule has 1 aliphatic rings. The Kier molecular flexibility index (Phi) is 14.5. The average Bonchev–Trinajstić information content (AvgIpc) is 3.58. The molecule has 6 atom stereocenters. The van der Waals surface area contributed by atoms with Crippen molar-refractivity contribution in [1.29, 1.82) is 0 Å². The fourth-order valence-electron chi connectivity index (χ4n) is 7.06. The number of rotatable bonds is 20. The summed E-state index contributed by atoms with van der Waals surface area (Å²) in [4.78, 5) is 0. The van der Waals surface area contributed by atoms with Crippen LogP contribution in [0, 0.1) is 41.4 Å². The highest BCUT2D eigenvalue weighted by atomic mass is 15.0. The number of benzene rings is 1.